The van der Waals surface area contributed by atoms with Crippen LogP contribution in [0.1, 0.15) is 13.3 Å². The van der Waals surface area contributed by atoms with Crippen LogP contribution in [0.4, 0.5) is 0 Å². The van der Waals surface area contributed by atoms with Gasteiger partial charge in [-0.15, -0.1) is 0 Å². The Balaban J connectivity index is 4.73. The van der Waals surface area contributed by atoms with Crippen molar-refractivity contribution < 1.29 is 30.7 Å². The first-order chi connectivity index (χ1) is 8.46. The Morgan fingerprint density at radius 2 is 1.68 bits per heavy atom. The molecular formula is C8H18N2O7S2. The highest BCUT2D eigenvalue weighted by Crippen LogP contribution is 2.00. The summed E-state index contributed by atoms with van der Waals surface area (Å²) in [5.74, 6) is -2.42. The van der Waals surface area contributed by atoms with Crippen molar-refractivity contribution in [2.75, 3.05) is 24.6 Å². The van der Waals surface area contributed by atoms with E-state index in [9.17, 15) is 21.6 Å². The second-order valence-electron chi connectivity index (χ2n) is 3.97. The molecule has 0 fully saturated rings. The van der Waals surface area contributed by atoms with Crippen LogP contribution < -0.4 is 5.73 Å². The normalized spacial score (nSPS) is 14.1. The summed E-state index contributed by atoms with van der Waals surface area (Å²) >= 11 is 0. The van der Waals surface area contributed by atoms with Crippen molar-refractivity contribution in [3.8, 4) is 0 Å². The molecule has 0 spiro atoms. The molecule has 0 aromatic carbocycles. The zero-order valence-electron chi connectivity index (χ0n) is 10.4. The fourth-order valence-corrected chi connectivity index (χ4v) is 2.41. The molecule has 19 heavy (non-hydrogen) atoms. The van der Waals surface area contributed by atoms with Crippen LogP contribution in [-0.4, -0.2) is 67.4 Å². The predicted molar refractivity (Wildman–Crippen MR) is 67.7 cm³/mol. The van der Waals surface area contributed by atoms with Crippen molar-refractivity contribution in [2.24, 2.45) is 5.73 Å². The lowest BCUT2D eigenvalue weighted by Gasteiger charge is -2.24. The molecule has 114 valence electrons. The second-order valence-corrected chi connectivity index (χ2v) is 7.04. The van der Waals surface area contributed by atoms with Crippen molar-refractivity contribution in [3.63, 3.8) is 0 Å². The molecule has 4 N–H and O–H groups in total. The summed E-state index contributed by atoms with van der Waals surface area (Å²) in [4.78, 5) is 12.8. The van der Waals surface area contributed by atoms with E-state index in [2.05, 4.69) is 0 Å². The first-order valence-electron chi connectivity index (χ1n) is 5.41. The van der Waals surface area contributed by atoms with E-state index in [1.807, 2.05) is 0 Å². The van der Waals surface area contributed by atoms with Crippen LogP contribution in [0.15, 0.2) is 0 Å². The number of carbonyl (C=O) groups is 1. The molecule has 0 saturated carbocycles. The van der Waals surface area contributed by atoms with E-state index in [-0.39, 0.29) is 13.1 Å². The number of nitrogens with two attached hydrogens (primary N) is 1. The van der Waals surface area contributed by atoms with Gasteiger partial charge in [-0.05, 0) is 6.42 Å². The first-order valence-corrected chi connectivity index (χ1v) is 8.63. The zero-order valence-corrected chi connectivity index (χ0v) is 12.0. The molecular weight excluding hydrogens is 300 g/mol. The average molecular weight is 318 g/mol. The van der Waals surface area contributed by atoms with Crippen LogP contribution in [0.3, 0.4) is 0 Å². The molecule has 0 aromatic heterocycles. The first kappa shape index (κ1) is 18.2. The predicted octanol–water partition coefficient (Wildman–Crippen LogP) is -1.67. The van der Waals surface area contributed by atoms with Crippen LogP contribution in [0, 0.1) is 0 Å². The highest BCUT2D eigenvalue weighted by atomic mass is 32.2. The summed E-state index contributed by atoms with van der Waals surface area (Å²) in [6.07, 6.45) is 0.496. The van der Waals surface area contributed by atoms with Crippen molar-refractivity contribution >= 4 is 26.1 Å². The maximum atomic E-state index is 11.8. The number of carbonyl (C=O) groups excluding carboxylic acids is 1. The average Bonchev–Trinajstić information content (AvgIpc) is 2.19. The van der Waals surface area contributed by atoms with Crippen molar-refractivity contribution in [2.45, 2.75) is 19.4 Å². The van der Waals surface area contributed by atoms with Gasteiger partial charge < -0.3 is 10.6 Å². The largest absolute Gasteiger partial charge is 0.340 e. The number of nitrogens with zero attached hydrogens (tertiary/aromatic N) is 1. The van der Waals surface area contributed by atoms with Gasteiger partial charge in [0.2, 0.25) is 5.91 Å². The lowest BCUT2D eigenvalue weighted by molar-refractivity contribution is -0.131. The summed E-state index contributed by atoms with van der Waals surface area (Å²) in [6.45, 7) is 1.58. The van der Waals surface area contributed by atoms with E-state index in [1.165, 1.54) is 0 Å². The molecule has 0 saturated heterocycles. The molecule has 0 aliphatic rings. The molecule has 0 aliphatic heterocycles. The monoisotopic (exact) mass is 318 g/mol. The number of rotatable bonds is 8. The Labute approximate surface area is 112 Å². The number of hydrogen-bond acceptors (Lipinski definition) is 6. The van der Waals surface area contributed by atoms with Crippen LogP contribution in [0.5, 0.6) is 0 Å². The molecule has 9 nitrogen and oxygen atoms in total. The van der Waals surface area contributed by atoms with E-state index in [1.54, 1.807) is 6.92 Å². The Kier molecular flexibility index (Phi) is 6.86. The Morgan fingerprint density at radius 1 is 1.16 bits per heavy atom. The van der Waals surface area contributed by atoms with E-state index >= 15 is 0 Å². The van der Waals surface area contributed by atoms with Gasteiger partial charge in [0.15, 0.2) is 0 Å². The molecule has 0 rings (SSSR count). The van der Waals surface area contributed by atoms with Crippen LogP contribution in [-0.2, 0) is 25.0 Å². The molecule has 0 heterocycles. The quantitative estimate of drug-likeness (QED) is 0.448. The standard InChI is InChI=1S/C8H18N2O7S2/c1-2-3-10(4-5-18(12,13)14)8(11)7(9)6-19(15,16)17/h7H,2-6,9H2,1H3,(H,12,13,14)(H,15,16,17). The second kappa shape index (κ2) is 7.14. The molecule has 1 atom stereocenters. The number of amides is 1. The van der Waals surface area contributed by atoms with Crippen molar-refractivity contribution in [3.05, 3.63) is 0 Å². The van der Waals surface area contributed by atoms with Crippen LogP contribution in [0.25, 0.3) is 0 Å². The zero-order chi connectivity index (χ0) is 15.3. The number of hydrogen-bond donors (Lipinski definition) is 3. The SMILES string of the molecule is CCCN(CCS(=O)(=O)O)C(=O)C(N)CS(=O)(=O)O. The van der Waals surface area contributed by atoms with Gasteiger partial charge in [0.05, 0.1) is 11.5 Å². The highest BCUT2D eigenvalue weighted by Gasteiger charge is 2.25. The van der Waals surface area contributed by atoms with Gasteiger partial charge in [-0.25, -0.2) is 0 Å². The Bertz CT molecular complexity index is 499. The summed E-state index contributed by atoms with van der Waals surface area (Å²) < 4.78 is 59.7. The smallest absolute Gasteiger partial charge is 0.266 e. The van der Waals surface area contributed by atoms with E-state index < -0.39 is 43.7 Å². The minimum absolute atomic E-state index is 0.160. The molecule has 0 aromatic rings. The van der Waals surface area contributed by atoms with Crippen molar-refractivity contribution in [1.82, 2.24) is 4.90 Å². The van der Waals surface area contributed by atoms with Gasteiger partial charge in [-0.3, -0.25) is 13.9 Å². The third-order valence-electron chi connectivity index (χ3n) is 2.13. The Morgan fingerprint density at radius 3 is 2.05 bits per heavy atom. The summed E-state index contributed by atoms with van der Waals surface area (Å²) in [7, 11) is -8.63. The lowest BCUT2D eigenvalue weighted by atomic mass is 10.3. The fraction of sp³-hybridized carbons (Fsp3) is 0.875. The van der Waals surface area contributed by atoms with Gasteiger partial charge in [0.25, 0.3) is 20.2 Å². The summed E-state index contributed by atoms with van der Waals surface area (Å²) in [5.41, 5.74) is 5.33. The maximum Gasteiger partial charge on any atom is 0.266 e. The van der Waals surface area contributed by atoms with Gasteiger partial charge in [-0.1, -0.05) is 6.92 Å². The Hall–Kier alpha value is -0.750. The molecule has 0 radical (unpaired) electrons. The van der Waals surface area contributed by atoms with Crippen LogP contribution >= 0.6 is 0 Å². The lowest BCUT2D eigenvalue weighted by Crippen LogP contribution is -2.48. The molecule has 11 heteroatoms. The third-order valence-corrected chi connectivity index (χ3v) is 3.61. The minimum Gasteiger partial charge on any atom is -0.340 e. The topological polar surface area (TPSA) is 155 Å². The summed E-state index contributed by atoms with van der Waals surface area (Å²) in [5, 5.41) is 0. The van der Waals surface area contributed by atoms with Gasteiger partial charge in [0, 0.05) is 13.1 Å². The molecule has 0 aliphatic carbocycles. The maximum absolute atomic E-state index is 11.8. The van der Waals surface area contributed by atoms with E-state index in [0.29, 0.717) is 6.42 Å². The fourth-order valence-electron chi connectivity index (χ4n) is 1.36. The van der Waals surface area contributed by atoms with Crippen molar-refractivity contribution in [1.29, 1.82) is 0 Å². The van der Waals surface area contributed by atoms with E-state index in [0.717, 1.165) is 4.90 Å². The van der Waals surface area contributed by atoms with E-state index in [4.69, 9.17) is 14.8 Å². The van der Waals surface area contributed by atoms with Crippen LogP contribution in [0.2, 0.25) is 0 Å². The van der Waals surface area contributed by atoms with Gasteiger partial charge in [-0.2, -0.15) is 16.8 Å². The van der Waals surface area contributed by atoms with Gasteiger partial charge >= 0.3 is 0 Å². The summed E-state index contributed by atoms with van der Waals surface area (Å²) in [6, 6.07) is -1.48. The third kappa shape index (κ3) is 8.88. The highest BCUT2D eigenvalue weighted by molar-refractivity contribution is 7.86. The minimum atomic E-state index is -4.40. The molecule has 1 amide bonds. The molecule has 1 unspecified atom stereocenters. The molecule has 0 bridgehead atoms. The van der Waals surface area contributed by atoms with Gasteiger partial charge in [0.1, 0.15) is 6.04 Å².